The minimum atomic E-state index is -1.63. The molecule has 3 aromatic rings. The van der Waals surface area contributed by atoms with Gasteiger partial charge in [0.25, 0.3) is 0 Å². The van der Waals surface area contributed by atoms with Crippen molar-refractivity contribution in [1.29, 1.82) is 0 Å². The van der Waals surface area contributed by atoms with Gasteiger partial charge >= 0.3 is 11.9 Å². The van der Waals surface area contributed by atoms with E-state index in [4.69, 9.17) is 18.9 Å². The Morgan fingerprint density at radius 1 is 0.875 bits per heavy atom. The lowest BCUT2D eigenvalue weighted by molar-refractivity contribution is -0.145. The first-order valence-corrected chi connectivity index (χ1v) is 12.5. The summed E-state index contributed by atoms with van der Waals surface area (Å²) in [6.07, 6.45) is 5.56. The molecule has 8 nitrogen and oxygen atoms in total. The summed E-state index contributed by atoms with van der Waals surface area (Å²) in [5.41, 5.74) is 0.364. The number of methoxy groups -OCH3 is 3. The number of hydrogen-bond donors (Lipinski definition) is 0. The summed E-state index contributed by atoms with van der Waals surface area (Å²) in [7, 11) is 4.01. The smallest absolute Gasteiger partial charge is 0.355 e. The first kappa shape index (κ1) is 26.6. The van der Waals surface area contributed by atoms with E-state index in [-0.39, 0.29) is 17.1 Å². The highest BCUT2D eigenvalue weighted by molar-refractivity contribution is 6.11. The van der Waals surface area contributed by atoms with E-state index in [1.165, 1.54) is 26.4 Å². The molecule has 0 saturated heterocycles. The van der Waals surface area contributed by atoms with E-state index in [9.17, 15) is 14.4 Å². The molecule has 0 fully saturated rings. The molecule has 1 spiro atoms. The lowest BCUT2D eigenvalue weighted by Gasteiger charge is -2.47. The van der Waals surface area contributed by atoms with Crippen LogP contribution in [0.15, 0.2) is 108 Å². The molecule has 1 aliphatic carbocycles. The maximum absolute atomic E-state index is 13.6. The van der Waals surface area contributed by atoms with E-state index in [0.717, 1.165) is 5.56 Å². The summed E-state index contributed by atoms with van der Waals surface area (Å²) in [6, 6.07) is 23.4. The van der Waals surface area contributed by atoms with Crippen molar-refractivity contribution in [2.45, 2.75) is 11.8 Å². The molecule has 5 rings (SSSR count). The number of benzene rings is 3. The van der Waals surface area contributed by atoms with Gasteiger partial charge in [0.2, 0.25) is 0 Å². The van der Waals surface area contributed by atoms with Crippen LogP contribution in [-0.2, 0) is 29.4 Å². The molecule has 1 unspecified atom stereocenters. The summed E-state index contributed by atoms with van der Waals surface area (Å²) in [5.74, 6) is -1.23. The van der Waals surface area contributed by atoms with Crippen molar-refractivity contribution in [3.8, 4) is 5.75 Å². The molecule has 0 radical (unpaired) electrons. The molecule has 8 heteroatoms. The maximum Gasteiger partial charge on any atom is 0.355 e. The largest absolute Gasteiger partial charge is 0.497 e. The number of anilines is 1. The molecule has 3 aromatic carbocycles. The first-order chi connectivity index (χ1) is 19.4. The third-order valence-electron chi connectivity index (χ3n) is 6.84. The predicted molar refractivity (Wildman–Crippen MR) is 148 cm³/mol. The minimum absolute atomic E-state index is 0.0812. The molecule has 0 aromatic heterocycles. The van der Waals surface area contributed by atoms with Crippen LogP contribution in [-0.4, -0.2) is 45.3 Å². The zero-order valence-corrected chi connectivity index (χ0v) is 22.2. The number of rotatable bonds is 6. The lowest BCUT2D eigenvalue weighted by Crippen LogP contribution is -2.54. The molecule has 2 atom stereocenters. The third kappa shape index (κ3) is 4.58. The Bertz CT molecular complexity index is 1540. The number of carbonyl (C=O) groups is 3. The van der Waals surface area contributed by atoms with E-state index in [0.29, 0.717) is 22.6 Å². The van der Waals surface area contributed by atoms with Gasteiger partial charge in [-0.05, 0) is 48.1 Å². The Balaban J connectivity index is 1.83. The van der Waals surface area contributed by atoms with E-state index in [1.807, 2.05) is 36.4 Å². The van der Waals surface area contributed by atoms with Gasteiger partial charge < -0.3 is 23.8 Å². The number of ketones is 1. The average molecular weight is 538 g/mol. The topological polar surface area (TPSA) is 91.4 Å². The standard InChI is InChI=1S/C32H27NO7/c1-37-23-16-14-22(15-17-23)33-27(18-13-21-9-5-4-6-10-21)40-32(28(30(35)38-2)29(33)31(36)39-3)20-19-26(34)24-11-7-8-12-25(24)32/h4-20,27H,1-3H3/b18-13+/t27?,32-/m1/s1. The van der Waals surface area contributed by atoms with Crippen molar-refractivity contribution < 1.29 is 33.3 Å². The summed E-state index contributed by atoms with van der Waals surface area (Å²) in [6.45, 7) is 0. The van der Waals surface area contributed by atoms with Crippen molar-refractivity contribution >= 4 is 29.5 Å². The molecule has 40 heavy (non-hydrogen) atoms. The van der Waals surface area contributed by atoms with Crippen molar-refractivity contribution in [3.63, 3.8) is 0 Å². The van der Waals surface area contributed by atoms with Gasteiger partial charge in [0.15, 0.2) is 12.0 Å². The fraction of sp³-hybridized carbons (Fsp3) is 0.156. The molecule has 0 amide bonds. The summed E-state index contributed by atoms with van der Waals surface area (Å²) < 4.78 is 22.5. The van der Waals surface area contributed by atoms with Crippen molar-refractivity contribution in [2.75, 3.05) is 26.2 Å². The zero-order chi connectivity index (χ0) is 28.3. The van der Waals surface area contributed by atoms with Crippen LogP contribution < -0.4 is 9.64 Å². The van der Waals surface area contributed by atoms with E-state index >= 15 is 0 Å². The van der Waals surface area contributed by atoms with Gasteiger partial charge in [-0.15, -0.1) is 0 Å². The number of ether oxygens (including phenoxy) is 4. The number of hydrogen-bond acceptors (Lipinski definition) is 8. The van der Waals surface area contributed by atoms with Crippen LogP contribution in [0.25, 0.3) is 6.08 Å². The van der Waals surface area contributed by atoms with Crippen LogP contribution in [0, 0.1) is 0 Å². The fourth-order valence-corrected chi connectivity index (χ4v) is 4.99. The highest BCUT2D eigenvalue weighted by Crippen LogP contribution is 2.48. The Hall–Kier alpha value is -4.95. The SMILES string of the molecule is COC(=O)C1=C(C(=O)OC)[C@]2(C=CC(=O)c3ccccc32)OC(/C=C/c2ccccc2)N1c1ccc(OC)cc1. The van der Waals surface area contributed by atoms with E-state index < -0.39 is 23.8 Å². The predicted octanol–water partition coefficient (Wildman–Crippen LogP) is 4.82. The van der Waals surface area contributed by atoms with Crippen LogP contribution in [0.5, 0.6) is 5.75 Å². The van der Waals surface area contributed by atoms with Crippen LogP contribution in [0.3, 0.4) is 0 Å². The normalized spacial score (nSPS) is 20.0. The zero-order valence-electron chi connectivity index (χ0n) is 22.2. The van der Waals surface area contributed by atoms with Crippen LogP contribution >= 0.6 is 0 Å². The quantitative estimate of drug-likeness (QED) is 0.414. The van der Waals surface area contributed by atoms with Crippen LogP contribution in [0.4, 0.5) is 5.69 Å². The summed E-state index contributed by atoms with van der Waals surface area (Å²) in [4.78, 5) is 41.6. The van der Waals surface area contributed by atoms with Crippen molar-refractivity contribution in [3.05, 3.63) is 125 Å². The number of esters is 2. The highest BCUT2D eigenvalue weighted by atomic mass is 16.6. The molecule has 1 heterocycles. The molecule has 202 valence electrons. The van der Waals surface area contributed by atoms with Crippen LogP contribution in [0.2, 0.25) is 0 Å². The Kier molecular flexibility index (Phi) is 7.35. The van der Waals surface area contributed by atoms with E-state index in [1.54, 1.807) is 66.6 Å². The number of nitrogens with zero attached hydrogens (tertiary/aromatic N) is 1. The van der Waals surface area contributed by atoms with Crippen molar-refractivity contribution in [2.24, 2.45) is 0 Å². The second kappa shape index (κ2) is 11.0. The first-order valence-electron chi connectivity index (χ1n) is 12.5. The fourth-order valence-electron chi connectivity index (χ4n) is 4.99. The molecular formula is C32H27NO7. The molecule has 0 saturated carbocycles. The maximum atomic E-state index is 13.6. The molecule has 2 aliphatic rings. The van der Waals surface area contributed by atoms with Gasteiger partial charge in [0.05, 0.1) is 21.3 Å². The molecule has 0 bridgehead atoms. The Morgan fingerprint density at radius 3 is 2.23 bits per heavy atom. The summed E-state index contributed by atoms with van der Waals surface area (Å²) in [5, 5.41) is 0. The Morgan fingerprint density at radius 2 is 1.55 bits per heavy atom. The molecule has 0 N–H and O–H groups in total. The third-order valence-corrected chi connectivity index (χ3v) is 6.84. The molecule has 1 aliphatic heterocycles. The van der Waals surface area contributed by atoms with Gasteiger partial charge in [-0.25, -0.2) is 9.59 Å². The highest BCUT2D eigenvalue weighted by Gasteiger charge is 2.53. The van der Waals surface area contributed by atoms with Gasteiger partial charge in [0, 0.05) is 16.8 Å². The lowest BCUT2D eigenvalue weighted by atomic mass is 9.76. The monoisotopic (exact) mass is 537 g/mol. The minimum Gasteiger partial charge on any atom is -0.497 e. The number of carbonyl (C=O) groups excluding carboxylic acids is 3. The summed E-state index contributed by atoms with van der Waals surface area (Å²) >= 11 is 0. The van der Waals surface area contributed by atoms with Gasteiger partial charge in [-0.2, -0.15) is 0 Å². The number of fused-ring (bicyclic) bond motifs is 2. The molecular weight excluding hydrogens is 510 g/mol. The second-order valence-corrected chi connectivity index (χ2v) is 9.03. The van der Waals surface area contributed by atoms with Crippen molar-refractivity contribution in [1.82, 2.24) is 0 Å². The van der Waals surface area contributed by atoms with Gasteiger partial charge in [-0.1, -0.05) is 60.7 Å². The van der Waals surface area contributed by atoms with Gasteiger partial charge in [-0.3, -0.25) is 4.79 Å². The van der Waals surface area contributed by atoms with Gasteiger partial charge in [0.1, 0.15) is 22.6 Å². The van der Waals surface area contributed by atoms with E-state index in [2.05, 4.69) is 0 Å². The average Bonchev–Trinajstić information content (AvgIpc) is 3.01. The number of allylic oxidation sites excluding steroid dienone is 1. The Labute approximate surface area is 231 Å². The van der Waals surface area contributed by atoms with Crippen LogP contribution in [0.1, 0.15) is 21.5 Å². The second-order valence-electron chi connectivity index (χ2n) is 9.03.